The van der Waals surface area contributed by atoms with Crippen molar-refractivity contribution in [2.24, 2.45) is 5.73 Å². The summed E-state index contributed by atoms with van der Waals surface area (Å²) in [7, 11) is 1.74. The number of benzene rings is 1. The van der Waals surface area contributed by atoms with Crippen LogP contribution in [-0.4, -0.2) is 13.7 Å². The third kappa shape index (κ3) is 3.50. The Hall–Kier alpha value is -0.990. The van der Waals surface area contributed by atoms with E-state index in [0.29, 0.717) is 6.54 Å². The molecule has 0 saturated heterocycles. The van der Waals surface area contributed by atoms with Crippen LogP contribution in [0.1, 0.15) is 30.4 Å². The highest BCUT2D eigenvalue weighted by Gasteiger charge is 2.12. The molecule has 100 valence electrons. The molecule has 18 heavy (non-hydrogen) atoms. The van der Waals surface area contributed by atoms with Gasteiger partial charge >= 0.3 is 0 Å². The lowest BCUT2D eigenvalue weighted by atomic mass is 9.96. The highest BCUT2D eigenvalue weighted by atomic mass is 35.5. The number of hydrogen-bond acceptors (Lipinski definition) is 2. The van der Waals surface area contributed by atoms with Gasteiger partial charge in [0, 0.05) is 5.56 Å². The monoisotopic (exact) mass is 267 g/mol. The Bertz CT molecular complexity index is 415. The van der Waals surface area contributed by atoms with Gasteiger partial charge in [-0.25, -0.2) is 0 Å². The van der Waals surface area contributed by atoms with Crippen molar-refractivity contribution in [1.29, 1.82) is 0 Å². The highest BCUT2D eigenvalue weighted by molar-refractivity contribution is 5.85. The van der Waals surface area contributed by atoms with E-state index in [2.05, 4.69) is 18.2 Å². The van der Waals surface area contributed by atoms with E-state index in [1.54, 1.807) is 12.7 Å². The molecule has 0 amide bonds. The molecule has 1 aromatic carbocycles. The predicted octanol–water partition coefficient (Wildman–Crippen LogP) is 3.27. The van der Waals surface area contributed by atoms with E-state index in [0.717, 1.165) is 18.6 Å². The van der Waals surface area contributed by atoms with Gasteiger partial charge in [0.1, 0.15) is 5.75 Å². The van der Waals surface area contributed by atoms with E-state index < -0.39 is 0 Å². The zero-order valence-electron chi connectivity index (χ0n) is 10.9. The van der Waals surface area contributed by atoms with Crippen molar-refractivity contribution in [2.75, 3.05) is 13.7 Å². The van der Waals surface area contributed by atoms with Crippen LogP contribution in [0.2, 0.25) is 0 Å². The molecule has 3 heteroatoms. The van der Waals surface area contributed by atoms with Crippen LogP contribution >= 0.6 is 12.4 Å². The highest BCUT2D eigenvalue weighted by Crippen LogP contribution is 2.29. The Morgan fingerprint density at radius 1 is 1.33 bits per heavy atom. The Morgan fingerprint density at radius 3 is 2.78 bits per heavy atom. The van der Waals surface area contributed by atoms with Crippen LogP contribution in [0.25, 0.3) is 0 Å². The minimum absolute atomic E-state index is 0. The summed E-state index contributed by atoms with van der Waals surface area (Å²) in [6.45, 7) is 0.694. The fraction of sp³-hybridized carbons (Fsp3) is 0.467. The first-order valence-electron chi connectivity index (χ1n) is 6.38. The minimum atomic E-state index is 0. The lowest BCUT2D eigenvalue weighted by molar-refractivity contribution is 0.409. The topological polar surface area (TPSA) is 35.2 Å². The van der Waals surface area contributed by atoms with Crippen LogP contribution in [0.5, 0.6) is 5.75 Å². The lowest BCUT2D eigenvalue weighted by Crippen LogP contribution is -2.07. The summed E-state index contributed by atoms with van der Waals surface area (Å²) in [5.41, 5.74) is 9.88. The molecule has 1 aromatic rings. The molecule has 1 aliphatic rings. The summed E-state index contributed by atoms with van der Waals surface area (Å²) >= 11 is 0. The molecule has 0 spiro atoms. The average Bonchev–Trinajstić information content (AvgIpc) is 2.84. The van der Waals surface area contributed by atoms with E-state index in [1.807, 2.05) is 6.07 Å². The number of allylic oxidation sites excluding steroid dienone is 2. The molecule has 0 heterocycles. The smallest absolute Gasteiger partial charge is 0.122 e. The summed E-state index contributed by atoms with van der Waals surface area (Å²) < 4.78 is 5.47. The van der Waals surface area contributed by atoms with Gasteiger partial charge in [0.2, 0.25) is 0 Å². The third-order valence-corrected chi connectivity index (χ3v) is 3.40. The van der Waals surface area contributed by atoms with E-state index in [-0.39, 0.29) is 12.4 Å². The van der Waals surface area contributed by atoms with E-state index in [1.165, 1.54) is 30.4 Å². The van der Waals surface area contributed by atoms with Gasteiger partial charge in [-0.3, -0.25) is 0 Å². The van der Waals surface area contributed by atoms with Crippen molar-refractivity contribution >= 4 is 12.4 Å². The van der Waals surface area contributed by atoms with Crippen molar-refractivity contribution in [3.63, 3.8) is 0 Å². The second kappa shape index (κ2) is 7.45. The first kappa shape index (κ1) is 15.1. The fourth-order valence-electron chi connectivity index (χ4n) is 2.52. The van der Waals surface area contributed by atoms with Crippen LogP contribution in [0.3, 0.4) is 0 Å². The van der Waals surface area contributed by atoms with E-state index in [4.69, 9.17) is 10.5 Å². The molecule has 0 bridgehead atoms. The summed E-state index contributed by atoms with van der Waals surface area (Å²) in [6.07, 6.45) is 8.10. The van der Waals surface area contributed by atoms with Gasteiger partial charge < -0.3 is 10.5 Å². The predicted molar refractivity (Wildman–Crippen MR) is 78.6 cm³/mol. The molecule has 0 aliphatic heterocycles. The molecule has 0 saturated carbocycles. The van der Waals surface area contributed by atoms with E-state index >= 15 is 0 Å². The standard InChI is InChI=1S/C15H21NO.ClH/c1-17-15-8-4-7-13(9-10-16)14(15)11-12-5-2-3-6-12;/h4-5,7-8H,2-3,6,9-11,16H2,1H3;1H. The van der Waals surface area contributed by atoms with Gasteiger partial charge in [0.05, 0.1) is 7.11 Å². The Labute approximate surface area is 116 Å². The van der Waals surface area contributed by atoms with Crippen molar-refractivity contribution < 1.29 is 4.74 Å². The van der Waals surface area contributed by atoms with Gasteiger partial charge in [-0.15, -0.1) is 12.4 Å². The molecular formula is C15H22ClNO. The SMILES string of the molecule is COc1cccc(CCN)c1CC1=CCCC1.Cl. The molecule has 0 aromatic heterocycles. The van der Waals surface area contributed by atoms with E-state index in [9.17, 15) is 0 Å². The van der Waals surface area contributed by atoms with Crippen LogP contribution in [0.15, 0.2) is 29.8 Å². The Kier molecular flexibility index (Phi) is 6.23. The normalized spacial score (nSPS) is 14.0. The molecule has 0 radical (unpaired) electrons. The summed E-state index contributed by atoms with van der Waals surface area (Å²) in [4.78, 5) is 0. The Balaban J connectivity index is 0.00000162. The number of rotatable bonds is 5. The largest absolute Gasteiger partial charge is 0.496 e. The Morgan fingerprint density at radius 2 is 2.17 bits per heavy atom. The van der Waals surface area contributed by atoms with Gasteiger partial charge in [-0.1, -0.05) is 23.8 Å². The maximum absolute atomic E-state index is 5.67. The summed E-state index contributed by atoms with van der Waals surface area (Å²) in [6, 6.07) is 6.27. The fourth-order valence-corrected chi connectivity index (χ4v) is 2.52. The third-order valence-electron chi connectivity index (χ3n) is 3.40. The average molecular weight is 268 g/mol. The number of nitrogens with two attached hydrogens (primary N) is 1. The second-order valence-corrected chi connectivity index (χ2v) is 4.57. The van der Waals surface area contributed by atoms with Gasteiger partial charge in [0.15, 0.2) is 0 Å². The molecule has 0 unspecified atom stereocenters. The molecule has 1 aliphatic carbocycles. The first-order valence-corrected chi connectivity index (χ1v) is 6.38. The van der Waals surface area contributed by atoms with Crippen molar-refractivity contribution in [2.45, 2.75) is 32.1 Å². The maximum atomic E-state index is 5.67. The number of hydrogen-bond donors (Lipinski definition) is 1. The van der Waals surface area contributed by atoms with Crippen molar-refractivity contribution in [1.82, 2.24) is 0 Å². The lowest BCUT2D eigenvalue weighted by Gasteiger charge is -2.14. The summed E-state index contributed by atoms with van der Waals surface area (Å²) in [5.74, 6) is 1.00. The zero-order valence-corrected chi connectivity index (χ0v) is 11.8. The van der Waals surface area contributed by atoms with Gasteiger partial charge in [-0.2, -0.15) is 0 Å². The number of methoxy groups -OCH3 is 1. The van der Waals surface area contributed by atoms with Crippen LogP contribution < -0.4 is 10.5 Å². The molecule has 2 rings (SSSR count). The first-order chi connectivity index (χ1) is 8.35. The van der Waals surface area contributed by atoms with Crippen LogP contribution in [-0.2, 0) is 12.8 Å². The molecule has 0 fully saturated rings. The summed E-state index contributed by atoms with van der Waals surface area (Å²) in [5, 5.41) is 0. The van der Waals surface area contributed by atoms with Gasteiger partial charge in [0.25, 0.3) is 0 Å². The molecular weight excluding hydrogens is 246 g/mol. The van der Waals surface area contributed by atoms with Gasteiger partial charge in [-0.05, 0) is 50.3 Å². The van der Waals surface area contributed by atoms with Crippen LogP contribution in [0, 0.1) is 0 Å². The number of halogens is 1. The second-order valence-electron chi connectivity index (χ2n) is 4.57. The zero-order chi connectivity index (χ0) is 12.1. The van der Waals surface area contributed by atoms with Crippen LogP contribution in [0.4, 0.5) is 0 Å². The van der Waals surface area contributed by atoms with Crippen molar-refractivity contribution in [3.8, 4) is 5.75 Å². The maximum Gasteiger partial charge on any atom is 0.122 e. The molecule has 0 atom stereocenters. The number of ether oxygens (including phenoxy) is 1. The molecule has 2 N–H and O–H groups in total. The minimum Gasteiger partial charge on any atom is -0.496 e. The molecule has 2 nitrogen and oxygen atoms in total. The van der Waals surface area contributed by atoms with Crippen molar-refractivity contribution in [3.05, 3.63) is 41.0 Å². The quantitative estimate of drug-likeness (QED) is 0.831.